The Kier molecular flexibility index (Phi) is 5.05. The van der Waals surface area contributed by atoms with E-state index in [9.17, 15) is 9.59 Å². The molecule has 0 saturated heterocycles. The second-order valence-electron chi connectivity index (χ2n) is 5.37. The minimum atomic E-state index is -0.414. The zero-order valence-electron chi connectivity index (χ0n) is 13.2. The predicted molar refractivity (Wildman–Crippen MR) is 93.4 cm³/mol. The summed E-state index contributed by atoms with van der Waals surface area (Å²) in [6, 6.07) is 5.75. The van der Waals surface area contributed by atoms with Crippen molar-refractivity contribution in [2.24, 2.45) is 5.92 Å². The highest BCUT2D eigenvalue weighted by atomic mass is 79.9. The third-order valence-corrected chi connectivity index (χ3v) is 5.67. The van der Waals surface area contributed by atoms with Crippen molar-refractivity contribution in [1.29, 1.82) is 0 Å². The first kappa shape index (κ1) is 17.2. The summed E-state index contributed by atoms with van der Waals surface area (Å²) in [7, 11) is 2.72. The van der Waals surface area contributed by atoms with Crippen LogP contribution in [0.5, 0.6) is 5.75 Å². The number of hydrogen-bond acceptors (Lipinski definition) is 6. The molecular formula is C16H16BrNO5S. The van der Waals surface area contributed by atoms with E-state index in [1.807, 2.05) is 18.2 Å². The molecule has 8 heteroatoms. The lowest BCUT2D eigenvalue weighted by molar-refractivity contribution is -0.141. The molecule has 0 spiro atoms. The molecule has 128 valence electrons. The molecule has 2 aliphatic rings. The van der Waals surface area contributed by atoms with E-state index >= 15 is 0 Å². The van der Waals surface area contributed by atoms with Gasteiger partial charge in [-0.1, -0.05) is 15.9 Å². The summed E-state index contributed by atoms with van der Waals surface area (Å²) in [5.74, 6) is 0.267. The van der Waals surface area contributed by atoms with E-state index in [4.69, 9.17) is 14.2 Å². The second kappa shape index (κ2) is 7.06. The minimum absolute atomic E-state index is 0.168. The van der Waals surface area contributed by atoms with Gasteiger partial charge < -0.3 is 14.2 Å². The van der Waals surface area contributed by atoms with Gasteiger partial charge in [0.2, 0.25) is 0 Å². The van der Waals surface area contributed by atoms with Gasteiger partial charge in [0.1, 0.15) is 5.75 Å². The van der Waals surface area contributed by atoms with Crippen molar-refractivity contribution in [3.8, 4) is 5.75 Å². The first-order valence-corrected chi connectivity index (χ1v) is 8.86. The maximum absolute atomic E-state index is 11.9. The van der Waals surface area contributed by atoms with E-state index < -0.39 is 6.09 Å². The average molecular weight is 414 g/mol. The number of fused-ring (bicyclic) bond motifs is 2. The Balaban J connectivity index is 2.00. The van der Waals surface area contributed by atoms with Crippen LogP contribution < -0.4 is 4.74 Å². The van der Waals surface area contributed by atoms with Crippen LogP contribution in [0.3, 0.4) is 0 Å². The molecule has 0 radical (unpaired) electrons. The number of rotatable bonds is 2. The summed E-state index contributed by atoms with van der Waals surface area (Å²) in [6.45, 7) is 0.752. The summed E-state index contributed by atoms with van der Waals surface area (Å²) in [4.78, 5) is 24.6. The van der Waals surface area contributed by atoms with Crippen molar-refractivity contribution in [2.45, 2.75) is 6.42 Å². The summed E-state index contributed by atoms with van der Waals surface area (Å²) >= 11 is 4.78. The van der Waals surface area contributed by atoms with E-state index in [-0.39, 0.29) is 18.3 Å². The van der Waals surface area contributed by atoms with Crippen LogP contribution in [-0.2, 0) is 14.3 Å². The highest BCUT2D eigenvalue weighted by molar-refractivity contribution is 9.10. The quantitative estimate of drug-likeness (QED) is 0.546. The maximum Gasteiger partial charge on any atom is 0.420 e. The van der Waals surface area contributed by atoms with Crippen LogP contribution >= 0.6 is 27.9 Å². The highest BCUT2D eigenvalue weighted by Crippen LogP contribution is 2.48. The topological polar surface area (TPSA) is 65.1 Å². The Morgan fingerprint density at radius 2 is 2.17 bits per heavy atom. The van der Waals surface area contributed by atoms with Crippen molar-refractivity contribution in [3.63, 3.8) is 0 Å². The lowest BCUT2D eigenvalue weighted by Gasteiger charge is -2.19. The number of amides is 1. The maximum atomic E-state index is 11.9. The number of nitrogens with zero attached hydrogens (tertiary/aromatic N) is 1. The lowest BCUT2D eigenvalue weighted by Crippen LogP contribution is -2.23. The Labute approximate surface area is 152 Å². The van der Waals surface area contributed by atoms with E-state index in [2.05, 4.69) is 15.9 Å². The Morgan fingerprint density at radius 1 is 1.38 bits per heavy atom. The van der Waals surface area contributed by atoms with Crippen LogP contribution in [0, 0.1) is 5.92 Å². The number of benzene rings is 1. The normalized spacial score (nSPS) is 19.1. The summed E-state index contributed by atoms with van der Waals surface area (Å²) in [5.41, 5.74) is 1.90. The SMILES string of the molecule is COC(=O)CC1COc2ccc(Br)cc2C2=C1SN(C(=O)OC)C2. The van der Waals surface area contributed by atoms with Gasteiger partial charge in [-0.3, -0.25) is 4.79 Å². The molecule has 0 fully saturated rings. The molecule has 3 rings (SSSR count). The Hall–Kier alpha value is -1.67. The number of halogens is 1. The van der Waals surface area contributed by atoms with Gasteiger partial charge in [0.15, 0.2) is 0 Å². The Bertz CT molecular complexity index is 720. The third-order valence-electron chi connectivity index (χ3n) is 3.90. The van der Waals surface area contributed by atoms with Crippen LogP contribution in [0.25, 0.3) is 5.57 Å². The van der Waals surface area contributed by atoms with E-state index in [0.29, 0.717) is 13.2 Å². The minimum Gasteiger partial charge on any atom is -0.492 e. The molecule has 1 amide bonds. The van der Waals surface area contributed by atoms with Gasteiger partial charge in [0, 0.05) is 20.9 Å². The van der Waals surface area contributed by atoms with Crippen LogP contribution in [0.2, 0.25) is 0 Å². The fraction of sp³-hybridized carbons (Fsp3) is 0.375. The van der Waals surface area contributed by atoms with Gasteiger partial charge in [-0.25, -0.2) is 9.10 Å². The number of carbonyl (C=O) groups excluding carboxylic acids is 2. The number of esters is 1. The van der Waals surface area contributed by atoms with Crippen molar-refractivity contribution in [1.82, 2.24) is 4.31 Å². The van der Waals surface area contributed by atoms with Crippen molar-refractivity contribution < 1.29 is 23.8 Å². The lowest BCUT2D eigenvalue weighted by atomic mass is 9.98. The average Bonchev–Trinajstić information content (AvgIpc) is 2.98. The first-order chi connectivity index (χ1) is 11.5. The molecule has 0 aromatic heterocycles. The van der Waals surface area contributed by atoms with Gasteiger partial charge in [0.05, 0.1) is 33.8 Å². The van der Waals surface area contributed by atoms with Crippen LogP contribution in [0.15, 0.2) is 27.6 Å². The molecule has 2 heterocycles. The molecule has 1 aromatic rings. The van der Waals surface area contributed by atoms with Gasteiger partial charge in [-0.15, -0.1) is 0 Å². The van der Waals surface area contributed by atoms with Gasteiger partial charge in [-0.2, -0.15) is 0 Å². The third kappa shape index (κ3) is 3.25. The van der Waals surface area contributed by atoms with Crippen LogP contribution in [0.4, 0.5) is 4.79 Å². The fourth-order valence-electron chi connectivity index (χ4n) is 2.74. The first-order valence-electron chi connectivity index (χ1n) is 7.29. The summed E-state index contributed by atoms with van der Waals surface area (Å²) in [6.07, 6.45) is -0.214. The standard InChI is InChI=1S/C16H16BrNO5S/c1-21-14(19)5-9-8-23-13-4-3-10(17)6-11(13)12-7-18(16(20)22-2)24-15(9)12/h3-4,6,9H,5,7-8H2,1-2H3. The molecule has 0 bridgehead atoms. The molecule has 0 N–H and O–H groups in total. The Morgan fingerprint density at radius 3 is 2.88 bits per heavy atom. The molecule has 24 heavy (non-hydrogen) atoms. The number of methoxy groups -OCH3 is 2. The molecule has 1 unspecified atom stereocenters. The monoisotopic (exact) mass is 413 g/mol. The summed E-state index contributed by atoms with van der Waals surface area (Å²) in [5, 5.41) is 0. The predicted octanol–water partition coefficient (Wildman–Crippen LogP) is 3.46. The van der Waals surface area contributed by atoms with Crippen molar-refractivity contribution >= 4 is 45.5 Å². The largest absolute Gasteiger partial charge is 0.492 e. The highest BCUT2D eigenvalue weighted by Gasteiger charge is 2.37. The molecule has 6 nitrogen and oxygen atoms in total. The molecule has 1 atom stereocenters. The van der Waals surface area contributed by atoms with Crippen LogP contribution in [-0.4, -0.2) is 43.7 Å². The van der Waals surface area contributed by atoms with E-state index in [1.54, 1.807) is 4.31 Å². The molecule has 2 aliphatic heterocycles. The van der Waals surface area contributed by atoms with Crippen molar-refractivity contribution in [3.05, 3.63) is 33.1 Å². The van der Waals surface area contributed by atoms with Gasteiger partial charge >= 0.3 is 12.1 Å². The van der Waals surface area contributed by atoms with Gasteiger partial charge in [0.25, 0.3) is 0 Å². The van der Waals surface area contributed by atoms with Crippen molar-refractivity contribution in [2.75, 3.05) is 27.4 Å². The number of carbonyl (C=O) groups is 2. The summed E-state index contributed by atoms with van der Waals surface area (Å²) < 4.78 is 18.0. The van der Waals surface area contributed by atoms with E-state index in [0.717, 1.165) is 26.3 Å². The van der Waals surface area contributed by atoms with Gasteiger partial charge in [-0.05, 0) is 35.7 Å². The number of hydrogen-bond donors (Lipinski definition) is 0. The van der Waals surface area contributed by atoms with Crippen LogP contribution in [0.1, 0.15) is 12.0 Å². The molecular weight excluding hydrogens is 398 g/mol. The fourth-order valence-corrected chi connectivity index (χ4v) is 4.26. The molecule has 1 aromatic carbocycles. The second-order valence-corrected chi connectivity index (χ2v) is 7.35. The molecule has 0 saturated carbocycles. The smallest absolute Gasteiger partial charge is 0.420 e. The van der Waals surface area contributed by atoms with E-state index in [1.165, 1.54) is 26.2 Å². The zero-order valence-corrected chi connectivity index (χ0v) is 15.6. The zero-order chi connectivity index (χ0) is 17.3. The number of ether oxygens (including phenoxy) is 3. The molecule has 0 aliphatic carbocycles.